The number of halogens is 2. The van der Waals surface area contributed by atoms with Crippen LogP contribution in [-0.2, 0) is 0 Å². The van der Waals surface area contributed by atoms with Crippen molar-refractivity contribution in [1.29, 1.82) is 0 Å². The molecule has 0 saturated heterocycles. The second-order valence-electron chi connectivity index (χ2n) is 5.53. The lowest BCUT2D eigenvalue weighted by molar-refractivity contribution is 0.486. The zero-order chi connectivity index (χ0) is 18.1. The molecule has 26 heavy (non-hydrogen) atoms. The predicted molar refractivity (Wildman–Crippen MR) is 102 cm³/mol. The van der Waals surface area contributed by atoms with Crippen molar-refractivity contribution >= 4 is 44.0 Å². The third kappa shape index (κ3) is 3.18. The molecule has 0 saturated carbocycles. The summed E-state index contributed by atoms with van der Waals surface area (Å²) in [5, 5.41) is 3.65. The maximum absolute atomic E-state index is 14.1. The van der Waals surface area contributed by atoms with Crippen LogP contribution in [0, 0.1) is 5.82 Å². The summed E-state index contributed by atoms with van der Waals surface area (Å²) in [4.78, 5) is 11.4. The van der Waals surface area contributed by atoms with Crippen LogP contribution < -0.4 is 15.8 Å². The highest BCUT2D eigenvalue weighted by atomic mass is 79.9. The molecule has 0 aliphatic heterocycles. The van der Waals surface area contributed by atoms with E-state index in [4.69, 9.17) is 10.5 Å². The number of aromatic nitrogens is 3. The van der Waals surface area contributed by atoms with Crippen LogP contribution in [0.2, 0.25) is 0 Å². The molecule has 2 aromatic heterocycles. The molecule has 8 heteroatoms. The van der Waals surface area contributed by atoms with Crippen molar-refractivity contribution in [2.75, 3.05) is 11.1 Å². The van der Waals surface area contributed by atoms with Gasteiger partial charge in [0, 0.05) is 28.3 Å². The number of benzene rings is 2. The fourth-order valence-corrected chi connectivity index (χ4v) is 2.84. The van der Waals surface area contributed by atoms with Gasteiger partial charge in [0.2, 0.25) is 0 Å². The first kappa shape index (κ1) is 16.3. The van der Waals surface area contributed by atoms with Gasteiger partial charge in [0.15, 0.2) is 5.75 Å². The highest BCUT2D eigenvalue weighted by molar-refractivity contribution is 9.10. The molecule has 4 aromatic rings. The molecule has 0 radical (unpaired) electrons. The minimum absolute atomic E-state index is 0.305. The molecular weight excluding hydrogens is 401 g/mol. The van der Waals surface area contributed by atoms with Gasteiger partial charge in [-0.05, 0) is 30.3 Å². The Morgan fingerprint density at radius 2 is 2.04 bits per heavy atom. The summed E-state index contributed by atoms with van der Waals surface area (Å²) in [6.45, 7) is 0. The Kier molecular flexibility index (Phi) is 4.18. The fraction of sp³-hybridized carbons (Fsp3) is 0. The summed E-state index contributed by atoms with van der Waals surface area (Å²) in [7, 11) is 0. The molecule has 0 atom stereocenters. The zero-order valence-electron chi connectivity index (χ0n) is 13.3. The molecule has 0 fully saturated rings. The van der Waals surface area contributed by atoms with Gasteiger partial charge in [-0.25, -0.2) is 14.4 Å². The largest absolute Gasteiger partial charge is 0.454 e. The molecule has 2 aromatic carbocycles. The van der Waals surface area contributed by atoms with E-state index in [0.29, 0.717) is 44.1 Å². The molecule has 4 N–H and O–H groups in total. The van der Waals surface area contributed by atoms with Crippen molar-refractivity contribution in [3.8, 4) is 11.5 Å². The first-order chi connectivity index (χ1) is 12.6. The normalized spacial score (nSPS) is 10.8. The first-order valence-electron chi connectivity index (χ1n) is 7.67. The number of nitrogens with two attached hydrogens (primary N) is 1. The number of H-pyrrole nitrogens is 1. The van der Waals surface area contributed by atoms with E-state index in [1.54, 1.807) is 42.7 Å². The SMILES string of the molecule is Nc1cc2c(Nc3ccc(Br)cc3F)ncnc2cc1Oc1cc[nH]c1. The summed E-state index contributed by atoms with van der Waals surface area (Å²) < 4.78 is 20.5. The van der Waals surface area contributed by atoms with Gasteiger partial charge in [0.05, 0.1) is 16.9 Å². The van der Waals surface area contributed by atoms with Crippen LogP contribution in [0.5, 0.6) is 11.5 Å². The van der Waals surface area contributed by atoms with Crippen LogP contribution in [-0.4, -0.2) is 15.0 Å². The van der Waals surface area contributed by atoms with Crippen molar-refractivity contribution in [2.24, 2.45) is 0 Å². The Labute approximate surface area is 156 Å². The number of nitrogen functional groups attached to an aromatic ring is 1. The molecule has 0 spiro atoms. The Balaban J connectivity index is 1.73. The molecule has 6 nitrogen and oxygen atoms in total. The number of hydrogen-bond donors (Lipinski definition) is 3. The van der Waals surface area contributed by atoms with Gasteiger partial charge in [0.25, 0.3) is 0 Å². The monoisotopic (exact) mass is 413 g/mol. The van der Waals surface area contributed by atoms with Crippen molar-refractivity contribution < 1.29 is 9.13 Å². The fourth-order valence-electron chi connectivity index (χ4n) is 2.51. The number of aromatic amines is 1. The molecule has 2 heterocycles. The van der Waals surface area contributed by atoms with Gasteiger partial charge in [0.1, 0.15) is 23.7 Å². The molecule has 4 rings (SSSR count). The van der Waals surface area contributed by atoms with Crippen LogP contribution in [0.3, 0.4) is 0 Å². The molecule has 0 unspecified atom stereocenters. The number of nitrogens with one attached hydrogen (secondary N) is 2. The van der Waals surface area contributed by atoms with E-state index >= 15 is 0 Å². The summed E-state index contributed by atoms with van der Waals surface area (Å²) in [6, 6.07) is 9.96. The van der Waals surface area contributed by atoms with Crippen LogP contribution in [0.1, 0.15) is 0 Å². The van der Waals surface area contributed by atoms with E-state index in [1.807, 2.05) is 0 Å². The molecule has 0 bridgehead atoms. The van der Waals surface area contributed by atoms with E-state index in [2.05, 4.69) is 36.2 Å². The van der Waals surface area contributed by atoms with Gasteiger partial charge in [-0.1, -0.05) is 15.9 Å². The van der Waals surface area contributed by atoms with Crippen molar-refractivity contribution in [1.82, 2.24) is 15.0 Å². The predicted octanol–water partition coefficient (Wildman–Crippen LogP) is 4.98. The smallest absolute Gasteiger partial charge is 0.152 e. The highest BCUT2D eigenvalue weighted by Gasteiger charge is 2.12. The minimum Gasteiger partial charge on any atom is -0.454 e. The quantitative estimate of drug-likeness (QED) is 0.410. The number of ether oxygens (including phenoxy) is 1. The Bertz CT molecular complexity index is 1080. The van der Waals surface area contributed by atoms with Gasteiger partial charge < -0.3 is 20.8 Å². The lowest BCUT2D eigenvalue weighted by atomic mass is 10.2. The molecular formula is C18H13BrFN5O. The Morgan fingerprint density at radius 1 is 1.15 bits per heavy atom. The van der Waals surface area contributed by atoms with E-state index in [9.17, 15) is 4.39 Å². The van der Waals surface area contributed by atoms with Crippen LogP contribution in [0.4, 0.5) is 21.6 Å². The maximum atomic E-state index is 14.1. The summed E-state index contributed by atoms with van der Waals surface area (Å²) in [5.74, 6) is 1.18. The van der Waals surface area contributed by atoms with E-state index in [0.717, 1.165) is 0 Å². The van der Waals surface area contributed by atoms with Gasteiger partial charge in [-0.3, -0.25) is 0 Å². The first-order valence-corrected chi connectivity index (χ1v) is 8.46. The average Bonchev–Trinajstić information content (AvgIpc) is 3.12. The van der Waals surface area contributed by atoms with Crippen LogP contribution in [0.25, 0.3) is 10.9 Å². The standard InChI is InChI=1S/C18H13BrFN5O/c19-10-1-2-15(13(20)5-10)25-18-12-6-14(21)17(7-16(12)23-9-24-18)26-11-3-4-22-8-11/h1-9,22H,21H2,(H,23,24,25). The Morgan fingerprint density at radius 3 is 2.81 bits per heavy atom. The van der Waals surface area contributed by atoms with E-state index in [1.165, 1.54) is 12.4 Å². The number of hydrogen-bond acceptors (Lipinski definition) is 5. The summed E-state index contributed by atoms with van der Waals surface area (Å²) in [5.41, 5.74) is 7.47. The Hall–Kier alpha value is -3.13. The number of fused-ring (bicyclic) bond motifs is 1. The van der Waals surface area contributed by atoms with Crippen molar-refractivity contribution in [2.45, 2.75) is 0 Å². The molecule has 0 aliphatic rings. The second kappa shape index (κ2) is 6.64. The zero-order valence-corrected chi connectivity index (χ0v) is 14.9. The summed E-state index contributed by atoms with van der Waals surface area (Å²) in [6.07, 6.45) is 4.87. The summed E-state index contributed by atoms with van der Waals surface area (Å²) >= 11 is 3.24. The van der Waals surface area contributed by atoms with Gasteiger partial charge in [-0.15, -0.1) is 0 Å². The van der Waals surface area contributed by atoms with E-state index < -0.39 is 5.82 Å². The number of rotatable bonds is 4. The third-order valence-corrected chi connectivity index (χ3v) is 4.24. The maximum Gasteiger partial charge on any atom is 0.152 e. The van der Waals surface area contributed by atoms with E-state index in [-0.39, 0.29) is 0 Å². The van der Waals surface area contributed by atoms with Gasteiger partial charge in [-0.2, -0.15) is 0 Å². The van der Waals surface area contributed by atoms with Crippen molar-refractivity contribution in [3.05, 3.63) is 65.4 Å². The number of nitrogens with zero attached hydrogens (tertiary/aromatic N) is 2. The van der Waals surface area contributed by atoms with Crippen LogP contribution >= 0.6 is 15.9 Å². The molecule has 0 aliphatic carbocycles. The lowest BCUT2D eigenvalue weighted by Gasteiger charge is -2.12. The molecule has 130 valence electrons. The molecule has 0 amide bonds. The number of anilines is 3. The van der Waals surface area contributed by atoms with Crippen LogP contribution in [0.15, 0.2) is 59.6 Å². The van der Waals surface area contributed by atoms with Crippen molar-refractivity contribution in [3.63, 3.8) is 0 Å². The third-order valence-electron chi connectivity index (χ3n) is 3.75. The highest BCUT2D eigenvalue weighted by Crippen LogP contribution is 2.34. The van der Waals surface area contributed by atoms with Gasteiger partial charge >= 0.3 is 0 Å². The average molecular weight is 414 g/mol. The minimum atomic E-state index is -0.397. The second-order valence-corrected chi connectivity index (χ2v) is 6.44. The topological polar surface area (TPSA) is 88.8 Å². The lowest BCUT2D eigenvalue weighted by Crippen LogP contribution is -2.00.